The zero-order valence-corrected chi connectivity index (χ0v) is 20.1. The van der Waals surface area contributed by atoms with Crippen LogP contribution in [0.2, 0.25) is 0 Å². The molecule has 1 aliphatic heterocycles. The van der Waals surface area contributed by atoms with Crippen LogP contribution in [-0.2, 0) is 6.54 Å². The molecule has 8 heteroatoms. The van der Waals surface area contributed by atoms with Gasteiger partial charge in [-0.15, -0.1) is 0 Å². The highest BCUT2D eigenvalue weighted by molar-refractivity contribution is 5.65. The Morgan fingerprint density at radius 3 is 2.44 bits per heavy atom. The van der Waals surface area contributed by atoms with Crippen molar-refractivity contribution in [2.45, 2.75) is 70.6 Å². The number of nitrogens with zero attached hydrogens (tertiary/aromatic N) is 3. The lowest BCUT2D eigenvalue weighted by molar-refractivity contribution is 0.208. The molecule has 7 nitrogen and oxygen atoms in total. The van der Waals surface area contributed by atoms with Crippen molar-refractivity contribution in [3.8, 4) is 17.5 Å². The van der Waals surface area contributed by atoms with E-state index in [0.29, 0.717) is 23.8 Å². The van der Waals surface area contributed by atoms with Gasteiger partial charge >= 0.3 is 0 Å². The van der Waals surface area contributed by atoms with Crippen LogP contribution in [0.15, 0.2) is 18.2 Å². The van der Waals surface area contributed by atoms with Crippen molar-refractivity contribution >= 4 is 11.4 Å². The number of piperazine rings is 1. The van der Waals surface area contributed by atoms with Gasteiger partial charge in [-0.3, -0.25) is 9.47 Å². The van der Waals surface area contributed by atoms with E-state index in [1.54, 1.807) is 16.7 Å². The topological polar surface area (TPSA) is 73.1 Å². The standard InChI is InChI=1S/C26H37FN4O3/c1-18-24(28-20-8-9-20)26(33)31(25(18)32)12-4-11-29-13-15-30(16-14-29)22-17-19(27)7-10-23(22)34-21-5-2-3-6-21/h7,10,17,20-21,28,32-33H,2-6,8-9,11-16H2,1H3. The minimum Gasteiger partial charge on any atom is -0.494 e. The number of aromatic hydroxyl groups is 2. The predicted molar refractivity (Wildman–Crippen MR) is 132 cm³/mol. The van der Waals surface area contributed by atoms with Crippen molar-refractivity contribution in [3.63, 3.8) is 0 Å². The maximum atomic E-state index is 14.0. The van der Waals surface area contributed by atoms with Crippen molar-refractivity contribution in [2.24, 2.45) is 0 Å². The Kier molecular flexibility index (Phi) is 6.77. The van der Waals surface area contributed by atoms with Crippen LogP contribution >= 0.6 is 0 Å². The second-order valence-electron chi connectivity index (χ2n) is 10.0. The van der Waals surface area contributed by atoms with Gasteiger partial charge in [0.25, 0.3) is 0 Å². The number of nitrogens with one attached hydrogen (secondary N) is 1. The summed E-state index contributed by atoms with van der Waals surface area (Å²) in [6.45, 7) is 6.69. The molecular weight excluding hydrogens is 435 g/mol. The van der Waals surface area contributed by atoms with Gasteiger partial charge in [0.05, 0.1) is 11.8 Å². The van der Waals surface area contributed by atoms with Crippen LogP contribution in [0.1, 0.15) is 50.5 Å². The highest BCUT2D eigenvalue weighted by Crippen LogP contribution is 2.40. The van der Waals surface area contributed by atoms with Gasteiger partial charge in [0.15, 0.2) is 5.88 Å². The minimum absolute atomic E-state index is 0.132. The van der Waals surface area contributed by atoms with E-state index in [1.165, 1.54) is 18.9 Å². The molecular formula is C26H37FN4O3. The summed E-state index contributed by atoms with van der Waals surface area (Å²) in [6, 6.07) is 5.29. The van der Waals surface area contributed by atoms with Crippen molar-refractivity contribution in [1.29, 1.82) is 0 Å². The number of rotatable bonds is 9. The number of benzene rings is 1. The smallest absolute Gasteiger partial charge is 0.218 e. The predicted octanol–water partition coefficient (Wildman–Crippen LogP) is 4.45. The third kappa shape index (κ3) is 5.06. The van der Waals surface area contributed by atoms with Gasteiger partial charge in [-0.2, -0.15) is 0 Å². The monoisotopic (exact) mass is 472 g/mol. The molecule has 34 heavy (non-hydrogen) atoms. The molecule has 186 valence electrons. The van der Waals surface area contributed by atoms with E-state index < -0.39 is 0 Å². The Bertz CT molecular complexity index is 992. The van der Waals surface area contributed by atoms with Gasteiger partial charge in [0, 0.05) is 50.4 Å². The van der Waals surface area contributed by atoms with Crippen LogP contribution in [0.25, 0.3) is 0 Å². The molecule has 0 radical (unpaired) electrons. The summed E-state index contributed by atoms with van der Waals surface area (Å²) in [5, 5.41) is 24.4. The second kappa shape index (κ2) is 9.94. The van der Waals surface area contributed by atoms with E-state index in [4.69, 9.17) is 4.74 Å². The van der Waals surface area contributed by atoms with E-state index in [2.05, 4.69) is 15.1 Å². The number of hydrogen-bond acceptors (Lipinski definition) is 6. The van der Waals surface area contributed by atoms with Crippen LogP contribution in [-0.4, -0.2) is 64.5 Å². The van der Waals surface area contributed by atoms with Crippen LogP contribution < -0.4 is 15.0 Å². The minimum atomic E-state index is -0.228. The summed E-state index contributed by atoms with van der Waals surface area (Å²) in [6.07, 6.45) is 7.86. The normalized spacial score (nSPS) is 19.6. The van der Waals surface area contributed by atoms with E-state index in [9.17, 15) is 14.6 Å². The zero-order chi connectivity index (χ0) is 23.7. The summed E-state index contributed by atoms with van der Waals surface area (Å²) in [7, 11) is 0. The quantitative estimate of drug-likeness (QED) is 0.501. The Morgan fingerprint density at radius 2 is 1.74 bits per heavy atom. The highest BCUT2D eigenvalue weighted by Gasteiger charge is 2.27. The molecule has 2 saturated carbocycles. The van der Waals surface area contributed by atoms with Gasteiger partial charge in [-0.25, -0.2) is 4.39 Å². The van der Waals surface area contributed by atoms with E-state index in [-0.39, 0.29) is 23.7 Å². The first-order valence-corrected chi connectivity index (χ1v) is 12.8. The summed E-state index contributed by atoms with van der Waals surface area (Å²) in [5.74, 6) is 0.846. The maximum Gasteiger partial charge on any atom is 0.218 e. The molecule has 1 aromatic carbocycles. The fourth-order valence-corrected chi connectivity index (χ4v) is 5.22. The second-order valence-corrected chi connectivity index (χ2v) is 10.0. The third-order valence-corrected chi connectivity index (χ3v) is 7.46. The van der Waals surface area contributed by atoms with Crippen molar-refractivity contribution in [3.05, 3.63) is 29.6 Å². The molecule has 0 unspecified atom stereocenters. The lowest BCUT2D eigenvalue weighted by Gasteiger charge is -2.37. The number of anilines is 2. The van der Waals surface area contributed by atoms with Crippen molar-refractivity contribution in [1.82, 2.24) is 9.47 Å². The van der Waals surface area contributed by atoms with Crippen LogP contribution in [0.3, 0.4) is 0 Å². The molecule has 1 aromatic heterocycles. The number of hydrogen-bond donors (Lipinski definition) is 3. The SMILES string of the molecule is Cc1c(NC2CC2)c(O)n(CCCN2CCN(c3cc(F)ccc3OC3CCCC3)CC2)c1O. The van der Waals surface area contributed by atoms with E-state index >= 15 is 0 Å². The van der Waals surface area contributed by atoms with Crippen LogP contribution in [0.4, 0.5) is 15.8 Å². The number of halogens is 1. The molecule has 3 fully saturated rings. The molecule has 0 amide bonds. The molecule has 2 heterocycles. The summed E-state index contributed by atoms with van der Waals surface area (Å²) >= 11 is 0. The summed E-state index contributed by atoms with van der Waals surface area (Å²) in [4.78, 5) is 4.62. The van der Waals surface area contributed by atoms with E-state index in [0.717, 1.165) is 76.3 Å². The summed E-state index contributed by atoms with van der Waals surface area (Å²) in [5.41, 5.74) is 2.24. The average Bonchev–Trinajstić information content (AvgIpc) is 3.48. The van der Waals surface area contributed by atoms with Gasteiger partial charge in [0.1, 0.15) is 17.3 Å². The van der Waals surface area contributed by atoms with Crippen LogP contribution in [0, 0.1) is 12.7 Å². The molecule has 2 aliphatic carbocycles. The zero-order valence-electron chi connectivity index (χ0n) is 20.1. The fraction of sp³-hybridized carbons (Fsp3) is 0.615. The average molecular weight is 473 g/mol. The Balaban J connectivity index is 1.14. The summed E-state index contributed by atoms with van der Waals surface area (Å²) < 4.78 is 21.9. The maximum absolute atomic E-state index is 14.0. The lowest BCUT2D eigenvalue weighted by Crippen LogP contribution is -2.47. The molecule has 3 aliphatic rings. The molecule has 0 atom stereocenters. The van der Waals surface area contributed by atoms with E-state index in [1.807, 2.05) is 6.92 Å². The number of ether oxygens (including phenoxy) is 1. The van der Waals surface area contributed by atoms with Gasteiger partial charge in [0.2, 0.25) is 5.88 Å². The first-order chi connectivity index (χ1) is 16.5. The molecule has 1 saturated heterocycles. The molecule has 0 bridgehead atoms. The lowest BCUT2D eigenvalue weighted by atomic mass is 10.2. The highest BCUT2D eigenvalue weighted by atomic mass is 19.1. The Labute approximate surface area is 201 Å². The van der Waals surface area contributed by atoms with Gasteiger partial charge < -0.3 is 25.2 Å². The molecule has 3 N–H and O–H groups in total. The third-order valence-electron chi connectivity index (χ3n) is 7.46. The largest absolute Gasteiger partial charge is 0.494 e. The van der Waals surface area contributed by atoms with Crippen LogP contribution in [0.5, 0.6) is 17.5 Å². The first kappa shape index (κ1) is 23.1. The molecule has 2 aromatic rings. The molecule has 0 spiro atoms. The molecule has 5 rings (SSSR count). The Hall–Kier alpha value is -2.61. The Morgan fingerprint density at radius 1 is 1.00 bits per heavy atom. The van der Waals surface area contributed by atoms with Crippen molar-refractivity contribution in [2.75, 3.05) is 42.9 Å². The van der Waals surface area contributed by atoms with Gasteiger partial charge in [-0.05, 0) is 70.5 Å². The number of aromatic nitrogens is 1. The van der Waals surface area contributed by atoms with Crippen molar-refractivity contribution < 1.29 is 19.3 Å². The first-order valence-electron chi connectivity index (χ1n) is 12.8. The van der Waals surface area contributed by atoms with Gasteiger partial charge in [-0.1, -0.05) is 0 Å². The fourth-order valence-electron chi connectivity index (χ4n) is 5.22.